The van der Waals surface area contributed by atoms with E-state index in [1.165, 1.54) is 0 Å². The molecule has 126 valence electrons. The number of nitrogens with zero attached hydrogens (tertiary/aromatic N) is 1. The largest absolute Gasteiger partial charge is 0.481 e. The van der Waals surface area contributed by atoms with E-state index in [2.05, 4.69) is 0 Å². The van der Waals surface area contributed by atoms with E-state index in [1.54, 1.807) is 54.6 Å². The minimum atomic E-state index is -1.16. The Balaban J connectivity index is 1.87. The predicted molar refractivity (Wildman–Crippen MR) is 88.3 cm³/mol. The van der Waals surface area contributed by atoms with E-state index >= 15 is 0 Å². The van der Waals surface area contributed by atoms with Gasteiger partial charge in [0.25, 0.3) is 11.8 Å². The maximum absolute atomic E-state index is 12.6. The van der Waals surface area contributed by atoms with Gasteiger partial charge in [-0.15, -0.1) is 0 Å². The molecule has 0 unspecified atom stereocenters. The number of hydrogen-bond donors (Lipinski definition) is 1. The predicted octanol–water partition coefficient (Wildman–Crippen LogP) is 2.26. The molecule has 0 aromatic heterocycles. The zero-order valence-corrected chi connectivity index (χ0v) is 13.2. The number of aliphatic carboxylic acids is 1. The van der Waals surface area contributed by atoms with Gasteiger partial charge in [-0.3, -0.25) is 24.1 Å². The Labute approximate surface area is 143 Å². The molecule has 6 heteroatoms. The second-order valence-electron chi connectivity index (χ2n) is 5.79. The Hall–Kier alpha value is -3.28. The number of carbonyl (C=O) groups excluding carboxylic acids is 3. The van der Waals surface area contributed by atoms with Gasteiger partial charge in [-0.1, -0.05) is 42.5 Å². The van der Waals surface area contributed by atoms with Crippen LogP contribution in [-0.4, -0.2) is 40.1 Å². The van der Waals surface area contributed by atoms with Crippen LogP contribution < -0.4 is 0 Å². The number of carboxylic acid groups (broad SMARTS) is 1. The molecule has 0 saturated heterocycles. The van der Waals surface area contributed by atoms with Gasteiger partial charge < -0.3 is 5.11 Å². The Morgan fingerprint density at radius 1 is 0.880 bits per heavy atom. The first kappa shape index (κ1) is 16.6. The van der Waals surface area contributed by atoms with Crippen LogP contribution in [0.1, 0.15) is 37.5 Å². The van der Waals surface area contributed by atoms with Crippen LogP contribution in [0.15, 0.2) is 54.6 Å². The SMILES string of the molecule is O=C(O)C[C@@H](CN1C(=O)c2ccccc2C1=O)C(=O)c1ccccc1. The fourth-order valence-electron chi connectivity index (χ4n) is 2.91. The van der Waals surface area contributed by atoms with Crippen molar-refractivity contribution in [3.63, 3.8) is 0 Å². The fraction of sp³-hybridized carbons (Fsp3) is 0.158. The molecule has 2 aromatic carbocycles. The average Bonchev–Trinajstić information content (AvgIpc) is 2.86. The minimum absolute atomic E-state index is 0.258. The number of ketones is 1. The molecule has 2 aromatic rings. The van der Waals surface area contributed by atoms with Crippen LogP contribution in [0.3, 0.4) is 0 Å². The second-order valence-corrected chi connectivity index (χ2v) is 5.79. The average molecular weight is 337 g/mol. The third kappa shape index (κ3) is 3.19. The normalized spacial score (nSPS) is 14.3. The summed E-state index contributed by atoms with van der Waals surface area (Å²) in [6, 6.07) is 14.6. The van der Waals surface area contributed by atoms with E-state index in [9.17, 15) is 19.2 Å². The molecule has 0 fully saturated rings. The standard InChI is InChI=1S/C19H15NO5/c21-16(22)10-13(17(23)12-6-2-1-3-7-12)11-20-18(24)14-8-4-5-9-15(14)19(20)25/h1-9,13H,10-11H2,(H,21,22)/t13-/m0/s1. The number of fused-ring (bicyclic) bond motifs is 1. The van der Waals surface area contributed by atoms with Gasteiger partial charge in [-0.05, 0) is 12.1 Å². The molecular weight excluding hydrogens is 322 g/mol. The van der Waals surface area contributed by atoms with E-state index in [0.29, 0.717) is 5.56 Å². The first-order valence-corrected chi connectivity index (χ1v) is 7.75. The monoisotopic (exact) mass is 337 g/mol. The van der Waals surface area contributed by atoms with Crippen LogP contribution in [0, 0.1) is 5.92 Å². The molecule has 1 heterocycles. The summed E-state index contributed by atoms with van der Waals surface area (Å²) in [4.78, 5) is 49.6. The lowest BCUT2D eigenvalue weighted by Gasteiger charge is -2.20. The molecule has 0 spiro atoms. The minimum Gasteiger partial charge on any atom is -0.481 e. The highest BCUT2D eigenvalue weighted by atomic mass is 16.4. The number of carboxylic acids is 1. The number of benzene rings is 2. The first-order valence-electron chi connectivity index (χ1n) is 7.75. The molecule has 0 radical (unpaired) electrons. The fourth-order valence-corrected chi connectivity index (χ4v) is 2.91. The molecule has 25 heavy (non-hydrogen) atoms. The maximum atomic E-state index is 12.6. The molecule has 1 N–H and O–H groups in total. The molecule has 1 atom stereocenters. The van der Waals surface area contributed by atoms with Gasteiger partial charge in [0, 0.05) is 12.1 Å². The quantitative estimate of drug-likeness (QED) is 0.645. The third-order valence-corrected chi connectivity index (χ3v) is 4.13. The first-order chi connectivity index (χ1) is 12.0. The topological polar surface area (TPSA) is 91.8 Å². The molecule has 2 amide bonds. The summed E-state index contributed by atoms with van der Waals surface area (Å²) in [7, 11) is 0. The molecule has 6 nitrogen and oxygen atoms in total. The Morgan fingerprint density at radius 2 is 1.40 bits per heavy atom. The maximum Gasteiger partial charge on any atom is 0.304 e. The van der Waals surface area contributed by atoms with Crippen molar-refractivity contribution in [3.8, 4) is 0 Å². The van der Waals surface area contributed by atoms with Crippen LogP contribution in [0.4, 0.5) is 0 Å². The molecule has 3 rings (SSSR count). The summed E-state index contributed by atoms with van der Waals surface area (Å²) >= 11 is 0. The van der Waals surface area contributed by atoms with Gasteiger partial charge in [-0.2, -0.15) is 0 Å². The molecule has 0 bridgehead atoms. The van der Waals surface area contributed by atoms with Gasteiger partial charge in [0.2, 0.25) is 0 Å². The number of imide groups is 1. The molecule has 1 aliphatic rings. The van der Waals surface area contributed by atoms with E-state index < -0.39 is 35.9 Å². The van der Waals surface area contributed by atoms with Crippen molar-refractivity contribution in [1.29, 1.82) is 0 Å². The Kier molecular flexibility index (Phi) is 4.43. The lowest BCUT2D eigenvalue weighted by Crippen LogP contribution is -2.38. The summed E-state index contributed by atoms with van der Waals surface area (Å²) in [5, 5.41) is 9.12. The summed E-state index contributed by atoms with van der Waals surface area (Å²) < 4.78 is 0. The zero-order valence-electron chi connectivity index (χ0n) is 13.2. The van der Waals surface area contributed by atoms with Gasteiger partial charge >= 0.3 is 5.97 Å². The highest BCUT2D eigenvalue weighted by molar-refractivity contribution is 6.21. The molecule has 0 aliphatic carbocycles. The van der Waals surface area contributed by atoms with Crippen LogP contribution in [-0.2, 0) is 4.79 Å². The Morgan fingerprint density at radius 3 is 1.92 bits per heavy atom. The zero-order chi connectivity index (χ0) is 18.0. The molecule has 0 saturated carbocycles. The highest BCUT2D eigenvalue weighted by Crippen LogP contribution is 2.25. The van der Waals surface area contributed by atoms with Gasteiger partial charge in [0.05, 0.1) is 23.5 Å². The van der Waals surface area contributed by atoms with Crippen molar-refractivity contribution in [1.82, 2.24) is 4.90 Å². The van der Waals surface area contributed by atoms with Crippen molar-refractivity contribution >= 4 is 23.6 Å². The lowest BCUT2D eigenvalue weighted by molar-refractivity contribution is -0.137. The number of carbonyl (C=O) groups is 4. The summed E-state index contributed by atoms with van der Waals surface area (Å²) in [6.07, 6.45) is -0.457. The van der Waals surface area contributed by atoms with Gasteiger partial charge in [0.1, 0.15) is 0 Å². The lowest BCUT2D eigenvalue weighted by atomic mass is 9.94. The van der Waals surface area contributed by atoms with E-state index in [0.717, 1.165) is 4.90 Å². The second kappa shape index (κ2) is 6.68. The van der Waals surface area contributed by atoms with Crippen molar-refractivity contribution in [2.75, 3.05) is 6.54 Å². The smallest absolute Gasteiger partial charge is 0.304 e. The van der Waals surface area contributed by atoms with Gasteiger partial charge in [-0.25, -0.2) is 0 Å². The van der Waals surface area contributed by atoms with E-state index in [4.69, 9.17) is 5.11 Å². The van der Waals surface area contributed by atoms with Crippen LogP contribution in [0.25, 0.3) is 0 Å². The van der Waals surface area contributed by atoms with Crippen LogP contribution in [0.2, 0.25) is 0 Å². The van der Waals surface area contributed by atoms with Gasteiger partial charge in [0.15, 0.2) is 5.78 Å². The number of Topliss-reactive ketones (excluding diaryl/α,β-unsaturated/α-hetero) is 1. The molecule has 1 aliphatic heterocycles. The van der Waals surface area contributed by atoms with Crippen molar-refractivity contribution < 1.29 is 24.3 Å². The van der Waals surface area contributed by atoms with Crippen LogP contribution in [0.5, 0.6) is 0 Å². The third-order valence-electron chi connectivity index (χ3n) is 4.13. The summed E-state index contributed by atoms with van der Waals surface area (Å²) in [5.41, 5.74) is 0.896. The van der Waals surface area contributed by atoms with Crippen LogP contribution >= 0.6 is 0 Å². The molecular formula is C19H15NO5. The highest BCUT2D eigenvalue weighted by Gasteiger charge is 2.38. The summed E-state index contributed by atoms with van der Waals surface area (Å²) in [6.45, 7) is -0.258. The number of hydrogen-bond acceptors (Lipinski definition) is 4. The van der Waals surface area contributed by atoms with Crippen molar-refractivity contribution in [2.24, 2.45) is 5.92 Å². The van der Waals surface area contributed by atoms with Crippen molar-refractivity contribution in [3.05, 3.63) is 71.3 Å². The summed E-state index contributed by atoms with van der Waals surface area (Å²) in [5.74, 6) is -3.57. The van der Waals surface area contributed by atoms with E-state index in [-0.39, 0.29) is 17.7 Å². The number of amides is 2. The number of rotatable bonds is 6. The Bertz CT molecular complexity index is 824. The van der Waals surface area contributed by atoms with E-state index in [1.807, 2.05) is 0 Å². The van der Waals surface area contributed by atoms with Crippen molar-refractivity contribution in [2.45, 2.75) is 6.42 Å².